The average Bonchev–Trinajstić information content (AvgIpc) is 3.01. The Labute approximate surface area is 154 Å². The fraction of sp³-hybridized carbons (Fsp3) is 0.316. The highest BCUT2D eigenvalue weighted by Crippen LogP contribution is 2.28. The van der Waals surface area contributed by atoms with Crippen molar-refractivity contribution in [2.24, 2.45) is 0 Å². The molecule has 0 aliphatic carbocycles. The minimum Gasteiger partial charge on any atom is -0.479 e. The van der Waals surface area contributed by atoms with Crippen molar-refractivity contribution in [3.8, 4) is 16.3 Å². The lowest BCUT2D eigenvalue weighted by atomic mass is 10.1. The number of hydrogen-bond acceptors (Lipinski definition) is 7. The second-order valence-corrected chi connectivity index (χ2v) is 6.76. The molecule has 1 unspecified atom stereocenters. The first-order chi connectivity index (χ1) is 12.4. The highest BCUT2D eigenvalue weighted by molar-refractivity contribution is 7.13. The lowest BCUT2D eigenvalue weighted by Crippen LogP contribution is -2.26. The highest BCUT2D eigenvalue weighted by atomic mass is 32.1. The first-order valence-electron chi connectivity index (χ1n) is 8.22. The van der Waals surface area contributed by atoms with Crippen LogP contribution in [0.15, 0.2) is 33.0 Å². The van der Waals surface area contributed by atoms with Gasteiger partial charge in [0.2, 0.25) is 5.43 Å². The summed E-state index contributed by atoms with van der Waals surface area (Å²) in [6.07, 6.45) is 0.664. The Balaban J connectivity index is 2.00. The van der Waals surface area contributed by atoms with Crippen molar-refractivity contribution >= 4 is 28.3 Å². The summed E-state index contributed by atoms with van der Waals surface area (Å²) in [5.41, 5.74) is 2.27. The summed E-state index contributed by atoms with van der Waals surface area (Å²) < 4.78 is 16.2. The lowest BCUT2D eigenvalue weighted by Gasteiger charge is -2.14. The normalized spacial score (nSPS) is 12.2. The van der Waals surface area contributed by atoms with Crippen LogP contribution in [0.2, 0.25) is 0 Å². The molecule has 0 aliphatic heterocycles. The Morgan fingerprint density at radius 1 is 1.35 bits per heavy atom. The summed E-state index contributed by atoms with van der Waals surface area (Å²) in [7, 11) is 0. The van der Waals surface area contributed by atoms with Crippen molar-refractivity contribution in [2.75, 3.05) is 6.61 Å². The summed E-state index contributed by atoms with van der Waals surface area (Å²) in [4.78, 5) is 29.0. The van der Waals surface area contributed by atoms with E-state index in [9.17, 15) is 9.59 Å². The van der Waals surface area contributed by atoms with Crippen LogP contribution in [-0.4, -0.2) is 23.7 Å². The number of benzene rings is 1. The molecule has 0 fully saturated rings. The number of rotatable bonds is 5. The number of thiazole rings is 1. The van der Waals surface area contributed by atoms with Gasteiger partial charge in [0, 0.05) is 17.1 Å². The molecule has 0 saturated heterocycles. The molecular weight excluding hydrogens is 354 g/mol. The van der Waals surface area contributed by atoms with Crippen LogP contribution in [0.3, 0.4) is 0 Å². The molecule has 2 aromatic heterocycles. The van der Waals surface area contributed by atoms with Crippen LogP contribution in [0.1, 0.15) is 25.1 Å². The van der Waals surface area contributed by atoms with E-state index in [-0.39, 0.29) is 12.0 Å². The highest BCUT2D eigenvalue weighted by Gasteiger charge is 2.18. The summed E-state index contributed by atoms with van der Waals surface area (Å²) in [5.74, 6) is -0.00210. The molecule has 0 amide bonds. The molecule has 0 saturated carbocycles. The molecule has 0 N–H and O–H groups in total. The molecule has 1 atom stereocenters. The molecule has 3 rings (SSSR count). The van der Waals surface area contributed by atoms with Gasteiger partial charge >= 0.3 is 5.97 Å². The third kappa shape index (κ3) is 3.48. The number of aromatic nitrogens is 1. The Hall–Kier alpha value is -2.67. The quantitative estimate of drug-likeness (QED) is 0.632. The minimum absolute atomic E-state index is 0.136. The number of fused-ring (bicyclic) bond motifs is 1. The maximum atomic E-state index is 12.9. The van der Waals surface area contributed by atoms with Crippen LogP contribution >= 0.6 is 11.3 Å². The Kier molecular flexibility index (Phi) is 5.08. The van der Waals surface area contributed by atoms with Gasteiger partial charge in [0.1, 0.15) is 22.6 Å². The Morgan fingerprint density at radius 2 is 2.12 bits per heavy atom. The third-order valence-electron chi connectivity index (χ3n) is 3.83. The van der Waals surface area contributed by atoms with Crippen LogP contribution in [0.5, 0.6) is 5.75 Å². The zero-order chi connectivity index (χ0) is 18.8. The maximum Gasteiger partial charge on any atom is 0.347 e. The SMILES string of the molecule is CCOC(=O)C(C)Oc1cc(C)c2c(=O)c(-c3nc(C)cs3)coc2c1. The Bertz CT molecular complexity index is 1020. The van der Waals surface area contributed by atoms with E-state index in [1.54, 1.807) is 32.9 Å². The molecule has 0 bridgehead atoms. The van der Waals surface area contributed by atoms with Gasteiger partial charge in [0.05, 0.1) is 17.6 Å². The topological polar surface area (TPSA) is 78.6 Å². The molecule has 3 aromatic rings. The number of carbonyl (C=O) groups excluding carboxylic acids is 1. The van der Waals surface area contributed by atoms with E-state index in [0.717, 1.165) is 5.69 Å². The second kappa shape index (κ2) is 7.29. The van der Waals surface area contributed by atoms with Crippen molar-refractivity contribution in [3.05, 3.63) is 45.3 Å². The van der Waals surface area contributed by atoms with E-state index >= 15 is 0 Å². The summed E-state index contributed by atoms with van der Waals surface area (Å²) >= 11 is 1.40. The number of ether oxygens (including phenoxy) is 2. The van der Waals surface area contributed by atoms with Crippen LogP contribution in [0, 0.1) is 13.8 Å². The molecule has 7 heteroatoms. The Morgan fingerprint density at radius 3 is 2.77 bits per heavy atom. The standard InChI is InChI=1S/C19H19NO5S/c1-5-23-19(22)12(4)25-13-6-10(2)16-15(7-13)24-8-14(17(16)21)18-20-11(3)9-26-18/h6-9,12H,5H2,1-4H3. The molecule has 26 heavy (non-hydrogen) atoms. The van der Waals surface area contributed by atoms with E-state index in [1.165, 1.54) is 17.6 Å². The summed E-state index contributed by atoms with van der Waals surface area (Å²) in [6, 6.07) is 3.32. The van der Waals surface area contributed by atoms with Crippen LogP contribution < -0.4 is 10.2 Å². The summed E-state index contributed by atoms with van der Waals surface area (Å²) in [6.45, 7) is 7.32. The summed E-state index contributed by atoms with van der Waals surface area (Å²) in [5, 5.41) is 3.00. The van der Waals surface area contributed by atoms with Gasteiger partial charge in [0.25, 0.3) is 0 Å². The lowest BCUT2D eigenvalue weighted by molar-refractivity contribution is -0.150. The fourth-order valence-corrected chi connectivity index (χ4v) is 3.42. The number of nitrogens with zero attached hydrogens (tertiary/aromatic N) is 1. The predicted molar refractivity (Wildman–Crippen MR) is 99.8 cm³/mol. The third-order valence-corrected chi connectivity index (χ3v) is 4.82. The first-order valence-corrected chi connectivity index (χ1v) is 9.10. The monoisotopic (exact) mass is 373 g/mol. The first kappa shape index (κ1) is 18.1. The van der Waals surface area contributed by atoms with Crippen molar-refractivity contribution in [2.45, 2.75) is 33.8 Å². The molecule has 0 spiro atoms. The van der Waals surface area contributed by atoms with Gasteiger partial charge in [-0.25, -0.2) is 9.78 Å². The van der Waals surface area contributed by atoms with E-state index in [2.05, 4.69) is 4.98 Å². The van der Waals surface area contributed by atoms with E-state index in [4.69, 9.17) is 13.9 Å². The van der Waals surface area contributed by atoms with Gasteiger partial charge in [-0.1, -0.05) is 0 Å². The van der Waals surface area contributed by atoms with Gasteiger partial charge in [-0.3, -0.25) is 4.79 Å². The minimum atomic E-state index is -0.754. The van der Waals surface area contributed by atoms with Gasteiger partial charge < -0.3 is 13.9 Å². The van der Waals surface area contributed by atoms with Gasteiger partial charge in [-0.15, -0.1) is 11.3 Å². The second-order valence-electron chi connectivity index (χ2n) is 5.90. The van der Waals surface area contributed by atoms with E-state index < -0.39 is 12.1 Å². The number of esters is 1. The molecule has 6 nitrogen and oxygen atoms in total. The number of aryl methyl sites for hydroxylation is 2. The van der Waals surface area contributed by atoms with Gasteiger partial charge in [0.15, 0.2) is 6.10 Å². The van der Waals surface area contributed by atoms with Crippen LogP contribution in [0.25, 0.3) is 21.5 Å². The molecular formula is C19H19NO5S. The predicted octanol–water partition coefficient (Wildman–Crippen LogP) is 3.86. The van der Waals surface area contributed by atoms with Crippen molar-refractivity contribution in [1.82, 2.24) is 4.98 Å². The maximum absolute atomic E-state index is 12.9. The molecule has 2 heterocycles. The van der Waals surface area contributed by atoms with Gasteiger partial charge in [-0.2, -0.15) is 0 Å². The zero-order valence-corrected chi connectivity index (χ0v) is 15.8. The molecule has 1 aromatic carbocycles. The zero-order valence-electron chi connectivity index (χ0n) is 15.0. The van der Waals surface area contributed by atoms with Crippen molar-refractivity contribution < 1.29 is 18.7 Å². The fourth-order valence-electron chi connectivity index (χ4n) is 2.62. The van der Waals surface area contributed by atoms with Crippen LogP contribution in [0.4, 0.5) is 0 Å². The van der Waals surface area contributed by atoms with Crippen LogP contribution in [-0.2, 0) is 9.53 Å². The number of hydrogen-bond donors (Lipinski definition) is 0. The molecule has 136 valence electrons. The van der Waals surface area contributed by atoms with E-state index in [0.29, 0.717) is 32.9 Å². The smallest absolute Gasteiger partial charge is 0.347 e. The van der Waals surface area contributed by atoms with Gasteiger partial charge in [-0.05, 0) is 39.3 Å². The largest absolute Gasteiger partial charge is 0.479 e. The number of carbonyl (C=O) groups is 1. The molecule has 0 aliphatic rings. The van der Waals surface area contributed by atoms with Crippen molar-refractivity contribution in [3.63, 3.8) is 0 Å². The average molecular weight is 373 g/mol. The van der Waals surface area contributed by atoms with E-state index in [1.807, 2.05) is 12.3 Å². The van der Waals surface area contributed by atoms with Crippen molar-refractivity contribution in [1.29, 1.82) is 0 Å². The molecule has 0 radical (unpaired) electrons.